The molecule has 4 nitrogen and oxygen atoms in total. The summed E-state index contributed by atoms with van der Waals surface area (Å²) in [7, 11) is 0. The summed E-state index contributed by atoms with van der Waals surface area (Å²) >= 11 is 1.66. The zero-order valence-electron chi connectivity index (χ0n) is 13.3. The summed E-state index contributed by atoms with van der Waals surface area (Å²) < 4.78 is 0. The van der Waals surface area contributed by atoms with Gasteiger partial charge in [0, 0.05) is 23.5 Å². The Bertz CT molecular complexity index is 649. The fraction of sp³-hybridized carbons (Fsp3) is 0.333. The van der Waals surface area contributed by atoms with Crippen LogP contribution < -0.4 is 10.2 Å². The third kappa shape index (κ3) is 4.05. The zero-order chi connectivity index (χ0) is 16.1. The summed E-state index contributed by atoms with van der Waals surface area (Å²) in [6, 6.07) is 11.5. The molecule has 0 saturated carbocycles. The number of benzene rings is 1. The molecule has 1 N–H and O–H groups in total. The van der Waals surface area contributed by atoms with E-state index in [4.69, 9.17) is 0 Å². The number of carbonyl (C=O) groups excluding carboxylic acids is 1. The second kappa shape index (κ2) is 7.51. The maximum absolute atomic E-state index is 12.2. The van der Waals surface area contributed by atoms with Crippen molar-refractivity contribution in [2.24, 2.45) is 0 Å². The molecule has 0 radical (unpaired) electrons. The van der Waals surface area contributed by atoms with Crippen LogP contribution in [0, 0.1) is 0 Å². The molecule has 0 unspecified atom stereocenters. The van der Waals surface area contributed by atoms with E-state index in [1.165, 1.54) is 19.3 Å². The van der Waals surface area contributed by atoms with Crippen LogP contribution >= 0.6 is 11.8 Å². The van der Waals surface area contributed by atoms with Gasteiger partial charge in [-0.05, 0) is 61.9 Å². The molecule has 3 rings (SSSR count). The van der Waals surface area contributed by atoms with Crippen molar-refractivity contribution >= 4 is 29.2 Å². The van der Waals surface area contributed by atoms with Crippen molar-refractivity contribution < 1.29 is 4.79 Å². The quantitative estimate of drug-likeness (QED) is 0.861. The van der Waals surface area contributed by atoms with Gasteiger partial charge < -0.3 is 10.2 Å². The fourth-order valence-electron chi connectivity index (χ4n) is 2.73. The first-order chi connectivity index (χ1) is 11.3. The van der Waals surface area contributed by atoms with Gasteiger partial charge in [0.25, 0.3) is 5.91 Å². The van der Waals surface area contributed by atoms with Gasteiger partial charge in [-0.25, -0.2) is 4.98 Å². The molecule has 1 aliphatic rings. The molecule has 0 atom stereocenters. The molecular weight excluding hydrogens is 306 g/mol. The highest BCUT2D eigenvalue weighted by molar-refractivity contribution is 7.98. The third-order valence-corrected chi connectivity index (χ3v) is 4.81. The number of pyridine rings is 1. The van der Waals surface area contributed by atoms with Gasteiger partial charge in [-0.3, -0.25) is 4.79 Å². The molecule has 5 heteroatoms. The van der Waals surface area contributed by atoms with Gasteiger partial charge in [-0.1, -0.05) is 0 Å². The lowest BCUT2D eigenvalue weighted by Gasteiger charge is -2.28. The van der Waals surface area contributed by atoms with E-state index >= 15 is 0 Å². The van der Waals surface area contributed by atoms with E-state index in [1.807, 2.05) is 48.9 Å². The van der Waals surface area contributed by atoms with Gasteiger partial charge in [0.1, 0.15) is 5.82 Å². The number of carbonyl (C=O) groups is 1. The lowest BCUT2D eigenvalue weighted by molar-refractivity contribution is 0.102. The molecule has 23 heavy (non-hydrogen) atoms. The second-order valence-electron chi connectivity index (χ2n) is 5.63. The van der Waals surface area contributed by atoms with Crippen molar-refractivity contribution in [1.29, 1.82) is 0 Å². The Morgan fingerprint density at radius 3 is 2.43 bits per heavy atom. The van der Waals surface area contributed by atoms with Crippen molar-refractivity contribution in [3.8, 4) is 0 Å². The number of thioether (sulfide) groups is 1. The van der Waals surface area contributed by atoms with Gasteiger partial charge in [-0.15, -0.1) is 11.8 Å². The highest BCUT2D eigenvalue weighted by atomic mass is 32.2. The molecule has 2 heterocycles. The summed E-state index contributed by atoms with van der Waals surface area (Å²) in [4.78, 5) is 20.1. The number of nitrogens with zero attached hydrogens (tertiary/aromatic N) is 2. The number of hydrogen-bond donors (Lipinski definition) is 1. The standard InChI is InChI=1S/C18H21N3OS/c1-23-16-8-5-14(6-9-16)18(22)20-17-10-7-15(13-19-17)21-11-3-2-4-12-21/h5-10,13H,2-4,11-12H2,1H3,(H,19,20,22). The van der Waals surface area contributed by atoms with Crippen molar-refractivity contribution in [2.75, 3.05) is 29.6 Å². The van der Waals surface area contributed by atoms with Crippen molar-refractivity contribution in [2.45, 2.75) is 24.2 Å². The summed E-state index contributed by atoms with van der Waals surface area (Å²) in [5.74, 6) is 0.459. The predicted molar refractivity (Wildman–Crippen MR) is 96.5 cm³/mol. The summed E-state index contributed by atoms with van der Waals surface area (Å²) in [6.45, 7) is 2.18. The number of aromatic nitrogens is 1. The van der Waals surface area contributed by atoms with Crippen molar-refractivity contribution in [1.82, 2.24) is 4.98 Å². The molecule has 1 fully saturated rings. The summed E-state index contributed by atoms with van der Waals surface area (Å²) in [6.07, 6.45) is 7.66. The highest BCUT2D eigenvalue weighted by Crippen LogP contribution is 2.20. The fourth-order valence-corrected chi connectivity index (χ4v) is 3.14. The Morgan fingerprint density at radius 2 is 1.83 bits per heavy atom. The van der Waals surface area contributed by atoms with Crippen LogP contribution in [0.5, 0.6) is 0 Å². The normalized spacial score (nSPS) is 14.6. The molecule has 1 aliphatic heterocycles. The van der Waals surface area contributed by atoms with Crippen molar-refractivity contribution in [3.63, 3.8) is 0 Å². The summed E-state index contributed by atoms with van der Waals surface area (Å²) in [5.41, 5.74) is 1.77. The van der Waals surface area contributed by atoms with Crippen LogP contribution in [0.4, 0.5) is 11.5 Å². The van der Waals surface area contributed by atoms with Crippen LogP contribution in [0.15, 0.2) is 47.5 Å². The Balaban J connectivity index is 1.63. The third-order valence-electron chi connectivity index (χ3n) is 4.06. The zero-order valence-corrected chi connectivity index (χ0v) is 14.1. The molecule has 2 aromatic rings. The van der Waals surface area contributed by atoms with E-state index in [-0.39, 0.29) is 5.91 Å². The van der Waals surface area contributed by atoms with Crippen LogP contribution in [-0.2, 0) is 0 Å². The Hall–Kier alpha value is -2.01. The van der Waals surface area contributed by atoms with Crippen LogP contribution in [0.2, 0.25) is 0 Å². The smallest absolute Gasteiger partial charge is 0.256 e. The number of piperidine rings is 1. The highest BCUT2D eigenvalue weighted by Gasteiger charge is 2.12. The molecular formula is C18H21N3OS. The van der Waals surface area contributed by atoms with E-state index in [2.05, 4.69) is 15.2 Å². The SMILES string of the molecule is CSc1ccc(C(=O)Nc2ccc(N3CCCCC3)cn2)cc1. The predicted octanol–water partition coefficient (Wildman–Crippen LogP) is 4.05. The second-order valence-corrected chi connectivity index (χ2v) is 6.51. The first kappa shape index (κ1) is 15.9. The molecule has 0 aliphatic carbocycles. The molecule has 120 valence electrons. The topological polar surface area (TPSA) is 45.2 Å². The van der Waals surface area contributed by atoms with Gasteiger partial charge in [-0.2, -0.15) is 0 Å². The number of hydrogen-bond acceptors (Lipinski definition) is 4. The average molecular weight is 327 g/mol. The van der Waals surface area contributed by atoms with E-state index in [0.717, 1.165) is 23.7 Å². The minimum Gasteiger partial charge on any atom is -0.370 e. The molecule has 1 amide bonds. The molecule has 0 spiro atoms. The number of anilines is 2. The van der Waals surface area contributed by atoms with Crippen LogP contribution in [0.25, 0.3) is 0 Å². The molecule has 0 bridgehead atoms. The number of amides is 1. The lowest BCUT2D eigenvalue weighted by Crippen LogP contribution is -2.29. The Morgan fingerprint density at radius 1 is 1.09 bits per heavy atom. The largest absolute Gasteiger partial charge is 0.370 e. The van der Waals surface area contributed by atoms with Gasteiger partial charge in [0.05, 0.1) is 11.9 Å². The number of rotatable bonds is 4. The number of nitrogens with one attached hydrogen (secondary N) is 1. The Labute approximate surface area is 141 Å². The maximum atomic E-state index is 12.2. The van der Waals surface area contributed by atoms with Crippen LogP contribution in [-0.4, -0.2) is 30.2 Å². The molecule has 1 saturated heterocycles. The van der Waals surface area contributed by atoms with E-state index in [9.17, 15) is 4.79 Å². The van der Waals surface area contributed by atoms with Gasteiger partial charge in [0.15, 0.2) is 0 Å². The summed E-state index contributed by atoms with van der Waals surface area (Å²) in [5, 5.41) is 2.85. The first-order valence-electron chi connectivity index (χ1n) is 7.93. The van der Waals surface area contributed by atoms with Crippen molar-refractivity contribution in [3.05, 3.63) is 48.2 Å². The maximum Gasteiger partial charge on any atom is 0.256 e. The van der Waals surface area contributed by atoms with Gasteiger partial charge in [0.2, 0.25) is 0 Å². The minimum absolute atomic E-state index is 0.129. The van der Waals surface area contributed by atoms with E-state index in [0.29, 0.717) is 11.4 Å². The van der Waals surface area contributed by atoms with Gasteiger partial charge >= 0.3 is 0 Å². The monoisotopic (exact) mass is 327 g/mol. The van der Waals surface area contributed by atoms with Crippen LogP contribution in [0.1, 0.15) is 29.6 Å². The molecule has 1 aromatic heterocycles. The van der Waals surface area contributed by atoms with Crippen LogP contribution in [0.3, 0.4) is 0 Å². The average Bonchev–Trinajstić information content (AvgIpc) is 2.63. The lowest BCUT2D eigenvalue weighted by atomic mass is 10.1. The molecule has 1 aromatic carbocycles. The van der Waals surface area contributed by atoms with E-state index < -0.39 is 0 Å². The Kier molecular flexibility index (Phi) is 5.18. The first-order valence-corrected chi connectivity index (χ1v) is 9.15. The van der Waals surface area contributed by atoms with E-state index in [1.54, 1.807) is 11.8 Å². The minimum atomic E-state index is -0.129.